The Bertz CT molecular complexity index is 425. The van der Waals surface area contributed by atoms with Crippen molar-refractivity contribution in [3.05, 3.63) is 17.7 Å². The average Bonchev–Trinajstić information content (AvgIpc) is 2.52. The van der Waals surface area contributed by atoms with E-state index in [2.05, 4.69) is 24.0 Å². The summed E-state index contributed by atoms with van der Waals surface area (Å²) in [6.45, 7) is 4.45. The van der Waals surface area contributed by atoms with Gasteiger partial charge in [-0.3, -0.25) is 0 Å². The molecule has 0 N–H and O–H groups in total. The Hall–Kier alpha value is -1.38. The third kappa shape index (κ3) is 3.38. The van der Waals surface area contributed by atoms with E-state index in [-0.39, 0.29) is 0 Å². The maximum Gasteiger partial charge on any atom is 0.142 e. The van der Waals surface area contributed by atoms with E-state index in [1.165, 1.54) is 43.4 Å². The van der Waals surface area contributed by atoms with Crippen LogP contribution in [-0.2, 0) is 6.42 Å². The molecule has 2 rings (SSSR count). The Balaban J connectivity index is 2.30. The van der Waals surface area contributed by atoms with Gasteiger partial charge in [0.1, 0.15) is 11.5 Å². The van der Waals surface area contributed by atoms with Crippen LogP contribution in [0, 0.1) is 0 Å². The Morgan fingerprint density at radius 2 is 1.70 bits per heavy atom. The molecule has 3 heteroatoms. The second-order valence-electron chi connectivity index (χ2n) is 5.49. The molecule has 1 saturated heterocycles. The number of ether oxygens (including phenoxy) is 2. The van der Waals surface area contributed by atoms with Crippen molar-refractivity contribution in [1.82, 2.24) is 0 Å². The fourth-order valence-corrected chi connectivity index (χ4v) is 2.89. The molecule has 0 amide bonds. The van der Waals surface area contributed by atoms with Gasteiger partial charge in [-0.2, -0.15) is 0 Å². The van der Waals surface area contributed by atoms with Crippen molar-refractivity contribution in [3.8, 4) is 11.5 Å². The Labute approximate surface area is 122 Å². The van der Waals surface area contributed by atoms with E-state index in [9.17, 15) is 0 Å². The van der Waals surface area contributed by atoms with Crippen molar-refractivity contribution in [2.75, 3.05) is 32.2 Å². The number of benzene rings is 1. The van der Waals surface area contributed by atoms with E-state index in [0.717, 1.165) is 31.0 Å². The molecule has 3 nitrogen and oxygen atoms in total. The summed E-state index contributed by atoms with van der Waals surface area (Å²) in [6, 6.07) is 4.33. The number of hydrogen-bond donors (Lipinski definition) is 0. The number of unbranched alkanes of at least 4 members (excludes halogenated alkanes) is 1. The first-order chi connectivity index (χ1) is 9.80. The third-order valence-corrected chi connectivity index (χ3v) is 4.08. The molecule has 1 fully saturated rings. The maximum atomic E-state index is 5.62. The minimum atomic E-state index is 0.985. The summed E-state index contributed by atoms with van der Waals surface area (Å²) in [4.78, 5) is 2.43. The van der Waals surface area contributed by atoms with E-state index in [0.29, 0.717) is 0 Å². The molecule has 1 aromatic carbocycles. The van der Waals surface area contributed by atoms with Crippen molar-refractivity contribution < 1.29 is 9.47 Å². The highest BCUT2D eigenvalue weighted by atomic mass is 16.5. The van der Waals surface area contributed by atoms with Gasteiger partial charge in [0.05, 0.1) is 19.9 Å². The molecule has 0 aliphatic carbocycles. The molecule has 0 radical (unpaired) electrons. The number of aryl methyl sites for hydroxylation is 1. The Kier molecular flexibility index (Phi) is 5.57. The molecule has 1 aromatic rings. The van der Waals surface area contributed by atoms with Crippen molar-refractivity contribution in [1.29, 1.82) is 0 Å². The summed E-state index contributed by atoms with van der Waals surface area (Å²) in [5.74, 6) is 1.98. The van der Waals surface area contributed by atoms with Crippen molar-refractivity contribution in [3.63, 3.8) is 0 Å². The van der Waals surface area contributed by atoms with Gasteiger partial charge < -0.3 is 14.4 Å². The first-order valence-electron chi connectivity index (χ1n) is 7.80. The van der Waals surface area contributed by atoms with Gasteiger partial charge >= 0.3 is 0 Å². The van der Waals surface area contributed by atoms with Crippen LogP contribution < -0.4 is 14.4 Å². The lowest BCUT2D eigenvalue weighted by molar-refractivity contribution is 0.397. The summed E-state index contributed by atoms with van der Waals surface area (Å²) < 4.78 is 11.2. The molecular formula is C17H27NO2. The SMILES string of the molecule is CCCCc1cc(OC)c(N2CCCCC2)cc1OC. The third-order valence-electron chi connectivity index (χ3n) is 4.08. The minimum Gasteiger partial charge on any atom is -0.496 e. The second kappa shape index (κ2) is 7.41. The van der Waals surface area contributed by atoms with Crippen LogP contribution in [0.2, 0.25) is 0 Å². The zero-order chi connectivity index (χ0) is 14.4. The lowest BCUT2D eigenvalue weighted by Gasteiger charge is -2.30. The van der Waals surface area contributed by atoms with Crippen LogP contribution in [0.5, 0.6) is 11.5 Å². The van der Waals surface area contributed by atoms with Crippen molar-refractivity contribution in [2.45, 2.75) is 45.4 Å². The van der Waals surface area contributed by atoms with Gasteiger partial charge in [-0.25, -0.2) is 0 Å². The highest BCUT2D eigenvalue weighted by molar-refractivity contribution is 5.64. The molecule has 112 valence electrons. The number of hydrogen-bond acceptors (Lipinski definition) is 3. The fourth-order valence-electron chi connectivity index (χ4n) is 2.89. The molecular weight excluding hydrogens is 250 g/mol. The fraction of sp³-hybridized carbons (Fsp3) is 0.647. The molecule has 0 saturated carbocycles. The van der Waals surface area contributed by atoms with E-state index in [1.54, 1.807) is 14.2 Å². The van der Waals surface area contributed by atoms with Gasteiger partial charge in [-0.05, 0) is 43.7 Å². The summed E-state index contributed by atoms with van der Waals surface area (Å²) >= 11 is 0. The molecule has 1 aliphatic heterocycles. The zero-order valence-corrected chi connectivity index (χ0v) is 13.1. The number of nitrogens with zero attached hydrogens (tertiary/aromatic N) is 1. The summed E-state index contributed by atoms with van der Waals surface area (Å²) in [7, 11) is 3.52. The molecule has 1 heterocycles. The number of methoxy groups -OCH3 is 2. The molecule has 0 bridgehead atoms. The van der Waals surface area contributed by atoms with Gasteiger partial charge in [-0.15, -0.1) is 0 Å². The van der Waals surface area contributed by atoms with Crippen molar-refractivity contribution in [2.24, 2.45) is 0 Å². The Morgan fingerprint density at radius 1 is 1.00 bits per heavy atom. The van der Waals surface area contributed by atoms with Crippen LogP contribution >= 0.6 is 0 Å². The van der Waals surface area contributed by atoms with Crippen LogP contribution in [0.25, 0.3) is 0 Å². The normalized spacial score (nSPS) is 15.2. The van der Waals surface area contributed by atoms with Gasteiger partial charge in [-0.1, -0.05) is 13.3 Å². The van der Waals surface area contributed by atoms with Gasteiger partial charge in [0, 0.05) is 19.2 Å². The number of anilines is 1. The number of piperidine rings is 1. The monoisotopic (exact) mass is 277 g/mol. The van der Waals surface area contributed by atoms with Gasteiger partial charge in [0.25, 0.3) is 0 Å². The van der Waals surface area contributed by atoms with Gasteiger partial charge in [0.15, 0.2) is 0 Å². The smallest absolute Gasteiger partial charge is 0.142 e. The summed E-state index contributed by atoms with van der Waals surface area (Å²) in [6.07, 6.45) is 7.30. The summed E-state index contributed by atoms with van der Waals surface area (Å²) in [5.41, 5.74) is 2.44. The number of rotatable bonds is 6. The Morgan fingerprint density at radius 3 is 2.30 bits per heavy atom. The topological polar surface area (TPSA) is 21.7 Å². The zero-order valence-electron chi connectivity index (χ0n) is 13.1. The van der Waals surface area contributed by atoms with Crippen LogP contribution in [0.4, 0.5) is 5.69 Å². The second-order valence-corrected chi connectivity index (χ2v) is 5.49. The largest absolute Gasteiger partial charge is 0.496 e. The van der Waals surface area contributed by atoms with Crippen molar-refractivity contribution >= 4 is 5.69 Å². The van der Waals surface area contributed by atoms with Gasteiger partial charge in [0.2, 0.25) is 0 Å². The standard InChI is InChI=1S/C17H27NO2/c1-4-5-9-14-12-17(20-3)15(13-16(14)19-2)18-10-7-6-8-11-18/h12-13H,4-11H2,1-3H3. The quantitative estimate of drug-likeness (QED) is 0.783. The molecule has 0 aromatic heterocycles. The molecule has 20 heavy (non-hydrogen) atoms. The first kappa shape index (κ1) is 15.0. The van der Waals surface area contributed by atoms with E-state index >= 15 is 0 Å². The first-order valence-corrected chi connectivity index (χ1v) is 7.80. The molecule has 1 aliphatic rings. The van der Waals surface area contributed by atoms with E-state index < -0.39 is 0 Å². The molecule has 0 atom stereocenters. The average molecular weight is 277 g/mol. The van der Waals surface area contributed by atoms with Crippen LogP contribution in [0.3, 0.4) is 0 Å². The molecule has 0 unspecified atom stereocenters. The highest BCUT2D eigenvalue weighted by Crippen LogP contribution is 2.37. The lowest BCUT2D eigenvalue weighted by Crippen LogP contribution is -2.29. The predicted octanol–water partition coefficient (Wildman–Crippen LogP) is 4.04. The summed E-state index contributed by atoms with van der Waals surface area (Å²) in [5, 5.41) is 0. The van der Waals surface area contributed by atoms with Crippen LogP contribution in [-0.4, -0.2) is 27.3 Å². The van der Waals surface area contributed by atoms with Crippen LogP contribution in [0.1, 0.15) is 44.6 Å². The predicted molar refractivity (Wildman–Crippen MR) is 84.2 cm³/mol. The minimum absolute atomic E-state index is 0.985. The lowest BCUT2D eigenvalue weighted by atomic mass is 10.0. The van der Waals surface area contributed by atoms with Crippen LogP contribution in [0.15, 0.2) is 12.1 Å². The van der Waals surface area contributed by atoms with E-state index in [4.69, 9.17) is 9.47 Å². The highest BCUT2D eigenvalue weighted by Gasteiger charge is 2.18. The van der Waals surface area contributed by atoms with E-state index in [1.807, 2.05) is 0 Å². The molecule has 0 spiro atoms. The maximum absolute atomic E-state index is 5.62.